The molecule has 0 aliphatic carbocycles. The number of piperidine rings is 1. The summed E-state index contributed by atoms with van der Waals surface area (Å²) < 4.78 is 65.7. The lowest BCUT2D eigenvalue weighted by Crippen LogP contribution is -2.45. The molecule has 0 N–H and O–H groups in total. The Morgan fingerprint density at radius 1 is 1.12 bits per heavy atom. The normalized spacial score (nSPS) is 24.0. The third-order valence-electron chi connectivity index (χ3n) is 5.14. The number of rotatable bonds is 3. The van der Waals surface area contributed by atoms with E-state index in [0.717, 1.165) is 6.07 Å². The van der Waals surface area contributed by atoms with Crippen molar-refractivity contribution < 1.29 is 26.7 Å². The third-order valence-corrected chi connectivity index (χ3v) is 5.14. The van der Waals surface area contributed by atoms with Crippen LogP contribution in [-0.2, 0) is 17.5 Å². The molecule has 0 radical (unpaired) electrons. The highest BCUT2D eigenvalue weighted by Gasteiger charge is 2.39. The van der Waals surface area contributed by atoms with E-state index in [1.165, 1.54) is 17.0 Å². The Balaban J connectivity index is 1.59. The van der Waals surface area contributed by atoms with Crippen molar-refractivity contribution in [2.75, 3.05) is 26.2 Å². The monoisotopic (exact) mass is 376 g/mol. The lowest BCUT2D eigenvalue weighted by Gasteiger charge is -2.33. The van der Waals surface area contributed by atoms with Crippen molar-refractivity contribution in [2.45, 2.75) is 37.9 Å². The van der Waals surface area contributed by atoms with Crippen molar-refractivity contribution in [3.8, 4) is 0 Å². The van der Waals surface area contributed by atoms with Crippen LogP contribution in [0.4, 0.5) is 22.0 Å². The van der Waals surface area contributed by atoms with Crippen LogP contribution in [0.2, 0.25) is 0 Å². The number of halogens is 5. The van der Waals surface area contributed by atoms with E-state index < -0.39 is 17.7 Å². The topological polar surface area (TPSA) is 23.6 Å². The fraction of sp³-hybridized carbons (Fsp3) is 0.611. The lowest BCUT2D eigenvalue weighted by molar-refractivity contribution is -0.141. The minimum Gasteiger partial charge on any atom is -0.342 e. The summed E-state index contributed by atoms with van der Waals surface area (Å²) in [4.78, 5) is 15.8. The van der Waals surface area contributed by atoms with E-state index in [2.05, 4.69) is 0 Å². The molecule has 8 heteroatoms. The molecule has 3 rings (SSSR count). The second-order valence-electron chi connectivity index (χ2n) is 7.06. The Morgan fingerprint density at radius 2 is 1.77 bits per heavy atom. The van der Waals surface area contributed by atoms with Gasteiger partial charge < -0.3 is 4.90 Å². The minimum atomic E-state index is -4.41. The number of hydrogen-bond acceptors (Lipinski definition) is 2. The second kappa shape index (κ2) is 7.13. The molecule has 0 aromatic heterocycles. The Hall–Kier alpha value is -1.70. The molecule has 1 atom stereocenters. The first-order valence-corrected chi connectivity index (χ1v) is 8.70. The van der Waals surface area contributed by atoms with Crippen molar-refractivity contribution in [2.24, 2.45) is 5.92 Å². The van der Waals surface area contributed by atoms with Crippen LogP contribution in [0.3, 0.4) is 0 Å². The van der Waals surface area contributed by atoms with Gasteiger partial charge in [-0.2, -0.15) is 13.2 Å². The SMILES string of the molecule is O=C(C1CCN(Cc2ccccc2C(F)(F)F)C1)N1CCC(F)(F)CC1. The maximum atomic E-state index is 13.2. The van der Waals surface area contributed by atoms with E-state index in [9.17, 15) is 26.7 Å². The zero-order valence-electron chi connectivity index (χ0n) is 14.2. The van der Waals surface area contributed by atoms with Crippen LogP contribution in [0.15, 0.2) is 24.3 Å². The third kappa shape index (κ3) is 4.34. The number of carbonyl (C=O) groups excluding carboxylic acids is 1. The summed E-state index contributed by atoms with van der Waals surface area (Å²) in [6.07, 6.45) is -4.52. The predicted octanol–water partition coefficient (Wildman–Crippen LogP) is 3.79. The largest absolute Gasteiger partial charge is 0.416 e. The van der Waals surface area contributed by atoms with E-state index in [4.69, 9.17) is 0 Å². The number of nitrogens with zero attached hydrogens (tertiary/aromatic N) is 2. The van der Waals surface area contributed by atoms with E-state index in [-0.39, 0.29) is 49.9 Å². The number of likely N-dealkylation sites (tertiary alicyclic amines) is 2. The zero-order valence-corrected chi connectivity index (χ0v) is 14.2. The molecule has 0 saturated carbocycles. The van der Waals surface area contributed by atoms with Crippen LogP contribution < -0.4 is 0 Å². The smallest absolute Gasteiger partial charge is 0.342 e. The van der Waals surface area contributed by atoms with Gasteiger partial charge in [-0.05, 0) is 24.6 Å². The summed E-state index contributed by atoms with van der Waals surface area (Å²) >= 11 is 0. The Bertz CT molecular complexity index is 651. The van der Waals surface area contributed by atoms with Gasteiger partial charge in [0.1, 0.15) is 0 Å². The Kier molecular flexibility index (Phi) is 5.23. The van der Waals surface area contributed by atoms with Crippen LogP contribution in [0.25, 0.3) is 0 Å². The number of alkyl halides is 5. The molecule has 2 heterocycles. The van der Waals surface area contributed by atoms with Gasteiger partial charge in [0.15, 0.2) is 0 Å². The van der Waals surface area contributed by atoms with Crippen molar-refractivity contribution in [1.29, 1.82) is 0 Å². The van der Waals surface area contributed by atoms with E-state index in [0.29, 0.717) is 19.5 Å². The number of hydrogen-bond donors (Lipinski definition) is 0. The fourth-order valence-electron chi connectivity index (χ4n) is 3.67. The van der Waals surface area contributed by atoms with Crippen molar-refractivity contribution >= 4 is 5.91 Å². The first kappa shape index (κ1) is 19.1. The van der Waals surface area contributed by atoms with Gasteiger partial charge in [0, 0.05) is 39.0 Å². The van der Waals surface area contributed by atoms with E-state index in [1.54, 1.807) is 6.07 Å². The summed E-state index contributed by atoms with van der Waals surface area (Å²) in [5, 5.41) is 0. The maximum Gasteiger partial charge on any atom is 0.416 e. The predicted molar refractivity (Wildman–Crippen MR) is 85.6 cm³/mol. The van der Waals surface area contributed by atoms with Crippen molar-refractivity contribution in [1.82, 2.24) is 9.80 Å². The summed E-state index contributed by atoms with van der Waals surface area (Å²) in [7, 11) is 0. The summed E-state index contributed by atoms with van der Waals surface area (Å²) in [6.45, 7) is 1.08. The van der Waals surface area contributed by atoms with Gasteiger partial charge in [-0.1, -0.05) is 18.2 Å². The van der Waals surface area contributed by atoms with Crippen molar-refractivity contribution in [3.63, 3.8) is 0 Å². The standard InChI is InChI=1S/C18H21F5N2O/c19-17(20)6-9-25(10-7-17)16(26)14-5-8-24(12-14)11-13-3-1-2-4-15(13)18(21,22)23/h1-4,14H,5-12H2. The van der Waals surface area contributed by atoms with Crippen LogP contribution in [0.5, 0.6) is 0 Å². The first-order valence-electron chi connectivity index (χ1n) is 8.70. The molecule has 26 heavy (non-hydrogen) atoms. The molecule has 1 aromatic rings. The molecule has 2 fully saturated rings. The average molecular weight is 376 g/mol. The molecule has 0 spiro atoms. The van der Waals surface area contributed by atoms with Gasteiger partial charge in [-0.25, -0.2) is 8.78 Å². The highest BCUT2D eigenvalue weighted by Crippen LogP contribution is 2.34. The number of benzene rings is 1. The molecule has 2 aliphatic heterocycles. The molecule has 144 valence electrons. The molecule has 2 aliphatic rings. The summed E-state index contributed by atoms with van der Waals surface area (Å²) in [6, 6.07) is 5.43. The van der Waals surface area contributed by atoms with E-state index in [1.807, 2.05) is 4.90 Å². The molecular formula is C18H21F5N2O. The number of amides is 1. The van der Waals surface area contributed by atoms with Gasteiger partial charge in [0.25, 0.3) is 5.92 Å². The summed E-state index contributed by atoms with van der Waals surface area (Å²) in [5.74, 6) is -3.20. The lowest BCUT2D eigenvalue weighted by atomic mass is 10.0. The molecule has 2 saturated heterocycles. The van der Waals surface area contributed by atoms with Crippen LogP contribution >= 0.6 is 0 Å². The first-order chi connectivity index (χ1) is 12.2. The van der Waals surface area contributed by atoms with Gasteiger partial charge in [0.05, 0.1) is 11.5 Å². The van der Waals surface area contributed by atoms with Crippen LogP contribution in [0.1, 0.15) is 30.4 Å². The summed E-state index contributed by atoms with van der Waals surface area (Å²) in [5.41, 5.74) is -0.473. The minimum absolute atomic E-state index is 0.0409. The quantitative estimate of drug-likeness (QED) is 0.750. The highest BCUT2D eigenvalue weighted by molar-refractivity contribution is 5.79. The van der Waals surface area contributed by atoms with Crippen molar-refractivity contribution in [3.05, 3.63) is 35.4 Å². The molecular weight excluding hydrogens is 355 g/mol. The Labute approximate surface area is 148 Å². The second-order valence-corrected chi connectivity index (χ2v) is 7.06. The van der Waals surface area contributed by atoms with Gasteiger partial charge in [-0.15, -0.1) is 0 Å². The molecule has 0 bridgehead atoms. The van der Waals surface area contributed by atoms with Crippen LogP contribution in [-0.4, -0.2) is 47.8 Å². The fourth-order valence-corrected chi connectivity index (χ4v) is 3.67. The molecule has 1 amide bonds. The van der Waals surface area contributed by atoms with Gasteiger partial charge in [-0.3, -0.25) is 9.69 Å². The zero-order chi connectivity index (χ0) is 18.9. The average Bonchev–Trinajstić information content (AvgIpc) is 3.02. The molecule has 1 aromatic carbocycles. The number of carbonyl (C=O) groups is 1. The Morgan fingerprint density at radius 3 is 2.42 bits per heavy atom. The van der Waals surface area contributed by atoms with Crippen LogP contribution in [0, 0.1) is 5.92 Å². The van der Waals surface area contributed by atoms with Gasteiger partial charge >= 0.3 is 6.18 Å². The van der Waals surface area contributed by atoms with E-state index >= 15 is 0 Å². The highest BCUT2D eigenvalue weighted by atomic mass is 19.4. The van der Waals surface area contributed by atoms with Gasteiger partial charge in [0.2, 0.25) is 5.91 Å². The maximum absolute atomic E-state index is 13.2. The molecule has 1 unspecified atom stereocenters. The molecule has 3 nitrogen and oxygen atoms in total.